The molecule has 8 nitrogen and oxygen atoms in total. The number of nitrogens with zero attached hydrogens (tertiary/aromatic N) is 2. The van der Waals surface area contributed by atoms with Crippen molar-refractivity contribution in [1.29, 1.82) is 0 Å². The van der Waals surface area contributed by atoms with E-state index in [2.05, 4.69) is 4.72 Å². The van der Waals surface area contributed by atoms with Gasteiger partial charge in [-0.2, -0.15) is 0 Å². The summed E-state index contributed by atoms with van der Waals surface area (Å²) in [6, 6.07) is 8.14. The summed E-state index contributed by atoms with van der Waals surface area (Å²) in [6.45, 7) is 1.92. The van der Waals surface area contributed by atoms with Crippen molar-refractivity contribution in [3.05, 3.63) is 51.5 Å². The van der Waals surface area contributed by atoms with Gasteiger partial charge in [-0.25, -0.2) is 8.42 Å². The number of anilines is 2. The van der Waals surface area contributed by atoms with Gasteiger partial charge >= 0.3 is 0 Å². The Bertz CT molecular complexity index is 1040. The third-order valence-corrected chi connectivity index (χ3v) is 6.62. The van der Waals surface area contributed by atoms with Crippen molar-refractivity contribution < 1.29 is 18.1 Å². The van der Waals surface area contributed by atoms with Gasteiger partial charge in [0.1, 0.15) is 5.02 Å². The number of hydrogen-bond acceptors (Lipinski definition) is 6. The number of sulfonamides is 1. The van der Waals surface area contributed by atoms with Crippen molar-refractivity contribution in [3.63, 3.8) is 0 Å². The molecular weight excluding hydrogens is 414 g/mol. The van der Waals surface area contributed by atoms with E-state index in [0.29, 0.717) is 12.2 Å². The van der Waals surface area contributed by atoms with E-state index in [4.69, 9.17) is 11.6 Å². The minimum atomic E-state index is -4.01. The Labute approximate surface area is 164 Å². The number of fused-ring (bicyclic) bond motifs is 1. The van der Waals surface area contributed by atoms with E-state index in [0.717, 1.165) is 16.7 Å². The Morgan fingerprint density at radius 3 is 2.70 bits per heavy atom. The lowest BCUT2D eigenvalue weighted by molar-refractivity contribution is -0.384. The molecule has 1 aliphatic rings. The number of thioether (sulfide) groups is 1. The summed E-state index contributed by atoms with van der Waals surface area (Å²) in [4.78, 5) is 24.4. The number of nitro benzene ring substituents is 1. The number of nitro groups is 1. The van der Waals surface area contributed by atoms with Crippen LogP contribution in [0.5, 0.6) is 0 Å². The van der Waals surface area contributed by atoms with Crippen LogP contribution in [0, 0.1) is 10.1 Å². The van der Waals surface area contributed by atoms with Crippen LogP contribution in [-0.2, 0) is 14.8 Å². The van der Waals surface area contributed by atoms with E-state index >= 15 is 0 Å². The number of nitrogens with one attached hydrogen (secondary N) is 1. The fourth-order valence-corrected chi connectivity index (χ4v) is 4.85. The molecule has 11 heteroatoms. The number of benzene rings is 2. The highest BCUT2D eigenvalue weighted by Crippen LogP contribution is 2.37. The fraction of sp³-hybridized carbons (Fsp3) is 0.188. The number of carbonyl (C=O) groups is 1. The SMILES string of the molecule is CC(=O)N1CCSc2ccc(S(=O)(=O)Nc3ccc(Cl)c([N+](=O)[O-])c3)cc21. The molecule has 142 valence electrons. The maximum Gasteiger partial charge on any atom is 0.289 e. The first kappa shape index (κ1) is 19.5. The predicted molar refractivity (Wildman–Crippen MR) is 104 cm³/mol. The zero-order valence-electron chi connectivity index (χ0n) is 14.0. The number of carbonyl (C=O) groups excluding carboxylic acids is 1. The first-order valence-electron chi connectivity index (χ1n) is 7.71. The molecule has 0 unspecified atom stereocenters. The third kappa shape index (κ3) is 4.02. The fourth-order valence-electron chi connectivity index (χ4n) is 2.62. The standard InChI is InChI=1S/C16H14ClN3O5S2/c1-10(21)19-6-7-26-16-5-3-12(9-15(16)19)27(24,25)18-11-2-4-13(17)14(8-11)20(22)23/h2-5,8-9,18H,6-7H2,1H3. The van der Waals surface area contributed by atoms with Crippen LogP contribution in [0.3, 0.4) is 0 Å². The molecule has 1 aliphatic heterocycles. The Morgan fingerprint density at radius 2 is 2.04 bits per heavy atom. The highest BCUT2D eigenvalue weighted by Gasteiger charge is 2.24. The summed E-state index contributed by atoms with van der Waals surface area (Å²) in [5.41, 5.74) is 0.145. The second kappa shape index (κ2) is 7.37. The van der Waals surface area contributed by atoms with Gasteiger partial charge < -0.3 is 4.90 Å². The van der Waals surface area contributed by atoms with Crippen molar-refractivity contribution in [1.82, 2.24) is 0 Å². The van der Waals surface area contributed by atoms with Crippen LogP contribution in [0.4, 0.5) is 17.1 Å². The maximum absolute atomic E-state index is 12.7. The zero-order valence-corrected chi connectivity index (χ0v) is 16.4. The van der Waals surface area contributed by atoms with Gasteiger partial charge in [-0.1, -0.05) is 11.6 Å². The molecule has 0 atom stereocenters. The van der Waals surface area contributed by atoms with Gasteiger partial charge in [-0.05, 0) is 30.3 Å². The van der Waals surface area contributed by atoms with Crippen LogP contribution in [0.2, 0.25) is 5.02 Å². The van der Waals surface area contributed by atoms with Crippen LogP contribution in [0.15, 0.2) is 46.2 Å². The van der Waals surface area contributed by atoms with Crippen molar-refractivity contribution in [2.24, 2.45) is 0 Å². The van der Waals surface area contributed by atoms with E-state index in [1.165, 1.54) is 36.1 Å². The van der Waals surface area contributed by atoms with Crippen LogP contribution in [-0.4, -0.2) is 31.5 Å². The minimum absolute atomic E-state index is 0.0154. The quantitative estimate of drug-likeness (QED) is 0.590. The molecule has 0 bridgehead atoms. The second-order valence-corrected chi connectivity index (χ2v) is 8.90. The molecule has 0 radical (unpaired) electrons. The predicted octanol–water partition coefficient (Wildman–Crippen LogP) is 3.51. The normalized spacial score (nSPS) is 13.8. The Kier molecular flexibility index (Phi) is 5.31. The molecule has 0 saturated carbocycles. The summed E-state index contributed by atoms with van der Waals surface area (Å²) in [7, 11) is -4.01. The Hall–Kier alpha value is -2.30. The summed E-state index contributed by atoms with van der Waals surface area (Å²) in [6.07, 6.45) is 0. The first-order valence-corrected chi connectivity index (χ1v) is 10.6. The topological polar surface area (TPSA) is 110 Å². The monoisotopic (exact) mass is 427 g/mol. The molecule has 1 heterocycles. The van der Waals surface area contributed by atoms with Gasteiger partial charge in [0.25, 0.3) is 15.7 Å². The van der Waals surface area contributed by atoms with Crippen LogP contribution >= 0.6 is 23.4 Å². The largest absolute Gasteiger partial charge is 0.311 e. The third-order valence-electron chi connectivity index (χ3n) is 3.88. The summed E-state index contributed by atoms with van der Waals surface area (Å²) >= 11 is 7.29. The van der Waals surface area contributed by atoms with E-state index in [-0.39, 0.29) is 21.5 Å². The van der Waals surface area contributed by atoms with Crippen LogP contribution in [0.25, 0.3) is 0 Å². The smallest absolute Gasteiger partial charge is 0.289 e. The van der Waals surface area contributed by atoms with Gasteiger partial charge in [-0.3, -0.25) is 19.6 Å². The summed E-state index contributed by atoms with van der Waals surface area (Å²) in [5.74, 6) is 0.554. The van der Waals surface area contributed by atoms with Gasteiger partial charge in [0.05, 0.1) is 21.2 Å². The summed E-state index contributed by atoms with van der Waals surface area (Å²) in [5, 5.41) is 10.9. The van der Waals surface area contributed by atoms with E-state index in [1.54, 1.807) is 17.8 Å². The van der Waals surface area contributed by atoms with Crippen molar-refractivity contribution >= 4 is 56.4 Å². The van der Waals surface area contributed by atoms with Gasteiger partial charge in [-0.15, -0.1) is 11.8 Å². The average molecular weight is 428 g/mol. The molecule has 0 spiro atoms. The molecule has 0 aliphatic carbocycles. The van der Waals surface area contributed by atoms with Crippen molar-refractivity contribution in [3.8, 4) is 0 Å². The number of hydrogen-bond donors (Lipinski definition) is 1. The van der Waals surface area contributed by atoms with E-state index in [9.17, 15) is 23.3 Å². The summed E-state index contributed by atoms with van der Waals surface area (Å²) < 4.78 is 27.7. The molecule has 1 N–H and O–H groups in total. The molecule has 0 aromatic heterocycles. The number of halogens is 1. The number of amides is 1. The van der Waals surface area contributed by atoms with Crippen molar-refractivity contribution in [2.45, 2.75) is 16.7 Å². The molecule has 2 aromatic carbocycles. The average Bonchev–Trinajstić information content (AvgIpc) is 2.61. The van der Waals surface area contributed by atoms with Crippen LogP contribution < -0.4 is 9.62 Å². The highest BCUT2D eigenvalue weighted by molar-refractivity contribution is 7.99. The molecule has 27 heavy (non-hydrogen) atoms. The molecule has 1 amide bonds. The molecule has 0 fully saturated rings. The maximum atomic E-state index is 12.7. The second-order valence-electron chi connectivity index (χ2n) is 5.68. The molecule has 2 aromatic rings. The number of rotatable bonds is 4. The Balaban J connectivity index is 1.96. The lowest BCUT2D eigenvalue weighted by atomic mass is 10.2. The van der Waals surface area contributed by atoms with Gasteiger partial charge in [0.15, 0.2) is 0 Å². The van der Waals surface area contributed by atoms with Gasteiger partial charge in [0, 0.05) is 30.2 Å². The van der Waals surface area contributed by atoms with E-state index in [1.807, 2.05) is 0 Å². The lowest BCUT2D eigenvalue weighted by Crippen LogP contribution is -2.33. The lowest BCUT2D eigenvalue weighted by Gasteiger charge is -2.28. The molecular formula is C16H14ClN3O5S2. The highest BCUT2D eigenvalue weighted by atomic mass is 35.5. The van der Waals surface area contributed by atoms with Crippen molar-refractivity contribution in [2.75, 3.05) is 21.9 Å². The van der Waals surface area contributed by atoms with Gasteiger partial charge in [0.2, 0.25) is 5.91 Å². The minimum Gasteiger partial charge on any atom is -0.311 e. The zero-order chi connectivity index (χ0) is 19.8. The van der Waals surface area contributed by atoms with Crippen LogP contribution in [0.1, 0.15) is 6.92 Å². The molecule has 3 rings (SSSR count). The first-order chi connectivity index (χ1) is 12.7. The molecule has 0 saturated heterocycles. The Morgan fingerprint density at radius 1 is 1.30 bits per heavy atom. The van der Waals surface area contributed by atoms with E-state index < -0.39 is 20.6 Å².